The van der Waals surface area contributed by atoms with Gasteiger partial charge in [0.2, 0.25) is 0 Å². The molecule has 0 aliphatic carbocycles. The zero-order valence-electron chi connectivity index (χ0n) is 8.47. The number of rotatable bonds is 4. The molecule has 1 atom stereocenters. The standard InChI is InChI=1S/C9H12ClNO2S2/c1-7(6-10)14-9-8(15(2,12)13)4-3-5-11-9/h3-5,7H,6H2,1-2H3. The van der Waals surface area contributed by atoms with Crippen molar-refractivity contribution >= 4 is 33.2 Å². The fraction of sp³-hybridized carbons (Fsp3) is 0.444. The molecule has 6 heteroatoms. The van der Waals surface area contributed by atoms with Gasteiger partial charge in [-0.1, -0.05) is 6.92 Å². The minimum atomic E-state index is -3.21. The summed E-state index contributed by atoms with van der Waals surface area (Å²) in [6.45, 7) is 1.93. The fourth-order valence-electron chi connectivity index (χ4n) is 0.969. The highest BCUT2D eigenvalue weighted by Crippen LogP contribution is 2.27. The van der Waals surface area contributed by atoms with Gasteiger partial charge in [-0.2, -0.15) is 0 Å². The molecule has 1 aromatic rings. The van der Waals surface area contributed by atoms with Crippen molar-refractivity contribution in [3.05, 3.63) is 18.3 Å². The Morgan fingerprint density at radius 3 is 2.80 bits per heavy atom. The van der Waals surface area contributed by atoms with E-state index in [2.05, 4.69) is 4.98 Å². The molecule has 84 valence electrons. The number of pyridine rings is 1. The molecular formula is C9H12ClNO2S2. The lowest BCUT2D eigenvalue weighted by molar-refractivity contribution is 0.598. The molecule has 0 amide bonds. The Hall–Kier alpha value is -0.260. The van der Waals surface area contributed by atoms with Crippen molar-refractivity contribution in [1.82, 2.24) is 4.98 Å². The maximum Gasteiger partial charge on any atom is 0.178 e. The second kappa shape index (κ2) is 5.18. The molecule has 0 spiro atoms. The largest absolute Gasteiger partial charge is 0.249 e. The number of alkyl halides is 1. The number of hydrogen-bond donors (Lipinski definition) is 0. The fourth-order valence-corrected chi connectivity index (χ4v) is 3.20. The minimum Gasteiger partial charge on any atom is -0.249 e. The van der Waals surface area contributed by atoms with Gasteiger partial charge in [-0.25, -0.2) is 13.4 Å². The first-order chi connectivity index (χ1) is 6.95. The summed E-state index contributed by atoms with van der Waals surface area (Å²) in [5, 5.41) is 0.662. The molecule has 0 radical (unpaired) electrons. The molecule has 0 aromatic carbocycles. The minimum absolute atomic E-state index is 0.141. The van der Waals surface area contributed by atoms with Crippen LogP contribution in [0.15, 0.2) is 28.3 Å². The summed E-state index contributed by atoms with van der Waals surface area (Å²) >= 11 is 7.05. The van der Waals surface area contributed by atoms with E-state index in [1.807, 2.05) is 6.92 Å². The number of halogens is 1. The third kappa shape index (κ3) is 3.66. The van der Waals surface area contributed by atoms with Crippen molar-refractivity contribution < 1.29 is 8.42 Å². The highest BCUT2D eigenvalue weighted by Gasteiger charge is 2.16. The molecule has 0 fully saturated rings. The Morgan fingerprint density at radius 2 is 2.27 bits per heavy atom. The van der Waals surface area contributed by atoms with Crippen LogP contribution in [0, 0.1) is 0 Å². The molecule has 0 aliphatic heterocycles. The lowest BCUT2D eigenvalue weighted by atomic mass is 10.5. The van der Waals surface area contributed by atoms with Crippen molar-refractivity contribution in [3.63, 3.8) is 0 Å². The van der Waals surface area contributed by atoms with Crippen molar-refractivity contribution in [2.45, 2.75) is 22.1 Å². The van der Waals surface area contributed by atoms with E-state index in [9.17, 15) is 8.42 Å². The Balaban J connectivity index is 3.08. The Kier molecular flexibility index (Phi) is 4.43. The number of sulfone groups is 1. The van der Waals surface area contributed by atoms with Gasteiger partial charge in [0.1, 0.15) is 5.03 Å². The molecular weight excluding hydrogens is 254 g/mol. The van der Waals surface area contributed by atoms with Gasteiger partial charge in [0, 0.05) is 23.6 Å². The van der Waals surface area contributed by atoms with Gasteiger partial charge in [-0.15, -0.1) is 23.4 Å². The van der Waals surface area contributed by atoms with Crippen molar-refractivity contribution in [2.75, 3.05) is 12.1 Å². The number of thioether (sulfide) groups is 1. The van der Waals surface area contributed by atoms with Crippen molar-refractivity contribution in [2.24, 2.45) is 0 Å². The highest BCUT2D eigenvalue weighted by atomic mass is 35.5. The van der Waals surface area contributed by atoms with Gasteiger partial charge >= 0.3 is 0 Å². The van der Waals surface area contributed by atoms with E-state index in [0.717, 1.165) is 0 Å². The summed E-state index contributed by atoms with van der Waals surface area (Å²) in [5.74, 6) is 0.463. The predicted octanol–water partition coefficient (Wildman–Crippen LogP) is 2.20. The van der Waals surface area contributed by atoms with Crippen LogP contribution in [0.25, 0.3) is 0 Å². The molecule has 3 nitrogen and oxygen atoms in total. The van der Waals surface area contributed by atoms with Gasteiger partial charge in [-0.3, -0.25) is 0 Å². The lowest BCUT2D eigenvalue weighted by Gasteiger charge is -2.09. The van der Waals surface area contributed by atoms with Crippen LogP contribution in [-0.4, -0.2) is 30.8 Å². The van der Waals surface area contributed by atoms with Gasteiger partial charge in [-0.05, 0) is 12.1 Å². The molecule has 0 N–H and O–H groups in total. The Morgan fingerprint density at radius 1 is 1.60 bits per heavy atom. The third-order valence-corrected chi connectivity index (χ3v) is 4.69. The average molecular weight is 266 g/mol. The molecule has 1 aromatic heterocycles. The van der Waals surface area contributed by atoms with Crippen LogP contribution < -0.4 is 0 Å². The van der Waals surface area contributed by atoms with E-state index in [4.69, 9.17) is 11.6 Å². The van der Waals surface area contributed by atoms with Gasteiger partial charge in [0.05, 0.1) is 4.90 Å². The van der Waals surface area contributed by atoms with Crippen LogP contribution in [0.2, 0.25) is 0 Å². The van der Waals surface area contributed by atoms with Crippen LogP contribution in [-0.2, 0) is 9.84 Å². The zero-order valence-corrected chi connectivity index (χ0v) is 10.9. The van der Waals surface area contributed by atoms with Crippen molar-refractivity contribution in [3.8, 4) is 0 Å². The smallest absolute Gasteiger partial charge is 0.178 e. The van der Waals surface area contributed by atoms with Gasteiger partial charge in [0.15, 0.2) is 9.84 Å². The summed E-state index contributed by atoms with van der Waals surface area (Å²) < 4.78 is 22.9. The first-order valence-corrected chi connectivity index (χ1v) is 7.63. The van der Waals surface area contributed by atoms with E-state index in [-0.39, 0.29) is 10.1 Å². The first-order valence-electron chi connectivity index (χ1n) is 4.33. The zero-order chi connectivity index (χ0) is 11.5. The SMILES string of the molecule is CC(CCl)Sc1ncccc1S(C)(=O)=O. The molecule has 1 unspecified atom stereocenters. The van der Waals surface area contributed by atoms with E-state index in [0.29, 0.717) is 10.9 Å². The summed E-state index contributed by atoms with van der Waals surface area (Å²) in [6, 6.07) is 3.18. The Labute approximate surface area is 99.2 Å². The van der Waals surface area contributed by atoms with Crippen LogP contribution in [0.4, 0.5) is 0 Å². The third-order valence-electron chi connectivity index (χ3n) is 1.67. The summed E-state index contributed by atoms with van der Waals surface area (Å²) in [7, 11) is -3.21. The van der Waals surface area contributed by atoms with Crippen LogP contribution in [0.1, 0.15) is 6.92 Å². The molecule has 1 rings (SSSR count). The number of nitrogens with zero attached hydrogens (tertiary/aromatic N) is 1. The van der Waals surface area contributed by atoms with E-state index in [1.165, 1.54) is 18.0 Å². The maximum absolute atomic E-state index is 11.4. The summed E-state index contributed by atoms with van der Waals surface area (Å²) in [6.07, 6.45) is 2.76. The second-order valence-electron chi connectivity index (χ2n) is 3.16. The Bertz CT molecular complexity index is 433. The van der Waals surface area contributed by atoms with E-state index >= 15 is 0 Å². The average Bonchev–Trinajstić information content (AvgIpc) is 2.17. The van der Waals surface area contributed by atoms with Crippen LogP contribution >= 0.6 is 23.4 Å². The van der Waals surface area contributed by atoms with Crippen LogP contribution in [0.5, 0.6) is 0 Å². The number of aromatic nitrogens is 1. The lowest BCUT2D eigenvalue weighted by Crippen LogP contribution is -2.04. The maximum atomic E-state index is 11.4. The normalized spacial score (nSPS) is 13.8. The van der Waals surface area contributed by atoms with Gasteiger partial charge < -0.3 is 0 Å². The first kappa shape index (κ1) is 12.8. The summed E-state index contributed by atoms with van der Waals surface area (Å²) in [5.41, 5.74) is 0. The van der Waals surface area contributed by atoms with E-state index in [1.54, 1.807) is 18.3 Å². The predicted molar refractivity (Wildman–Crippen MR) is 63.4 cm³/mol. The second-order valence-corrected chi connectivity index (χ2v) is 6.88. The molecule has 1 heterocycles. The van der Waals surface area contributed by atoms with E-state index < -0.39 is 9.84 Å². The molecule has 0 saturated heterocycles. The van der Waals surface area contributed by atoms with Crippen LogP contribution in [0.3, 0.4) is 0 Å². The molecule has 15 heavy (non-hydrogen) atoms. The quantitative estimate of drug-likeness (QED) is 0.619. The number of hydrogen-bond acceptors (Lipinski definition) is 4. The highest BCUT2D eigenvalue weighted by molar-refractivity contribution is 8.00. The van der Waals surface area contributed by atoms with Crippen molar-refractivity contribution in [1.29, 1.82) is 0 Å². The van der Waals surface area contributed by atoms with Gasteiger partial charge in [0.25, 0.3) is 0 Å². The molecule has 0 bridgehead atoms. The summed E-state index contributed by atoms with van der Waals surface area (Å²) in [4.78, 5) is 4.33. The topological polar surface area (TPSA) is 47.0 Å². The molecule has 0 aliphatic rings. The molecule has 0 saturated carbocycles. The monoisotopic (exact) mass is 265 g/mol.